The molecule has 3 nitrogen and oxygen atoms in total. The molecule has 0 atom stereocenters. The topological polar surface area (TPSA) is 34.1 Å². The highest BCUT2D eigenvalue weighted by Gasteiger charge is 2.02. The van der Waals surface area contributed by atoms with Crippen molar-refractivity contribution in [3.8, 4) is 5.75 Å². The van der Waals surface area contributed by atoms with Gasteiger partial charge < -0.3 is 10.1 Å². The zero-order chi connectivity index (χ0) is 13.5. The number of ether oxygens (including phenoxy) is 1. The van der Waals surface area contributed by atoms with Crippen LogP contribution in [-0.4, -0.2) is 18.1 Å². The van der Waals surface area contributed by atoms with Gasteiger partial charge in [0.1, 0.15) is 11.6 Å². The molecule has 1 heterocycles. The summed E-state index contributed by atoms with van der Waals surface area (Å²) in [6.45, 7) is 4.38. The maximum absolute atomic E-state index is 12.7. The first-order chi connectivity index (χ1) is 9.28. The van der Waals surface area contributed by atoms with Crippen molar-refractivity contribution in [1.29, 1.82) is 0 Å². The third-order valence-electron chi connectivity index (χ3n) is 2.55. The molecule has 0 fully saturated rings. The van der Waals surface area contributed by atoms with Crippen molar-refractivity contribution in [2.45, 2.75) is 19.9 Å². The second-order valence-electron chi connectivity index (χ2n) is 4.07. The predicted octanol–water partition coefficient (Wildman–Crippen LogP) is 3.01. The average Bonchev–Trinajstić information content (AvgIpc) is 2.87. The number of aromatic nitrogens is 1. The zero-order valence-electron chi connectivity index (χ0n) is 10.9. The van der Waals surface area contributed by atoms with Gasteiger partial charge in [-0.05, 0) is 30.8 Å². The molecule has 0 saturated carbocycles. The molecule has 0 amide bonds. The van der Waals surface area contributed by atoms with Crippen LogP contribution in [0.3, 0.4) is 0 Å². The van der Waals surface area contributed by atoms with Gasteiger partial charge in [-0.1, -0.05) is 6.92 Å². The van der Waals surface area contributed by atoms with Crippen LogP contribution in [0.1, 0.15) is 17.6 Å². The summed E-state index contributed by atoms with van der Waals surface area (Å²) in [5.74, 6) is 0.436. The van der Waals surface area contributed by atoms with E-state index in [4.69, 9.17) is 4.74 Å². The molecule has 2 aromatic rings. The van der Waals surface area contributed by atoms with Gasteiger partial charge in [-0.3, -0.25) is 0 Å². The Balaban J connectivity index is 1.76. The largest absolute Gasteiger partial charge is 0.493 e. The quantitative estimate of drug-likeness (QED) is 0.846. The van der Waals surface area contributed by atoms with E-state index in [-0.39, 0.29) is 5.82 Å². The average molecular weight is 280 g/mol. The van der Waals surface area contributed by atoms with Gasteiger partial charge in [-0.15, -0.1) is 11.3 Å². The lowest BCUT2D eigenvalue weighted by Crippen LogP contribution is -2.12. The molecular formula is C14H17FN2OS. The molecule has 0 radical (unpaired) electrons. The molecule has 0 spiro atoms. The number of nitrogens with zero attached hydrogens (tertiary/aromatic N) is 1. The Bertz CT molecular complexity index is 498. The summed E-state index contributed by atoms with van der Waals surface area (Å²) in [4.78, 5) is 4.51. The Morgan fingerprint density at radius 3 is 2.84 bits per heavy atom. The number of benzene rings is 1. The minimum Gasteiger partial charge on any atom is -0.493 e. The number of hydrogen-bond acceptors (Lipinski definition) is 4. The fraction of sp³-hybridized carbons (Fsp3) is 0.357. The van der Waals surface area contributed by atoms with Crippen molar-refractivity contribution >= 4 is 11.3 Å². The van der Waals surface area contributed by atoms with Crippen LogP contribution < -0.4 is 10.1 Å². The molecule has 1 aromatic heterocycles. The summed E-state index contributed by atoms with van der Waals surface area (Å²) in [5.41, 5.74) is 1.07. The summed E-state index contributed by atoms with van der Waals surface area (Å²) in [5, 5.41) is 6.37. The molecule has 0 unspecified atom stereocenters. The highest BCUT2D eigenvalue weighted by molar-refractivity contribution is 7.09. The van der Waals surface area contributed by atoms with Crippen LogP contribution in [0.5, 0.6) is 5.75 Å². The van der Waals surface area contributed by atoms with E-state index in [1.807, 2.05) is 0 Å². The van der Waals surface area contributed by atoms with E-state index < -0.39 is 0 Å². The lowest BCUT2D eigenvalue weighted by atomic mass is 10.3. The van der Waals surface area contributed by atoms with E-state index in [1.165, 1.54) is 12.1 Å². The fourth-order valence-corrected chi connectivity index (χ4v) is 2.36. The standard InChI is InChI=1S/C14H17FN2OS/c1-2-16-9-12-10-19-14(17-12)7-8-18-13-5-3-11(15)4-6-13/h3-6,10,16H,2,7-9H2,1H3. The van der Waals surface area contributed by atoms with Crippen LogP contribution in [-0.2, 0) is 13.0 Å². The lowest BCUT2D eigenvalue weighted by molar-refractivity contribution is 0.321. The van der Waals surface area contributed by atoms with Crippen molar-refractivity contribution < 1.29 is 9.13 Å². The monoisotopic (exact) mass is 280 g/mol. The van der Waals surface area contributed by atoms with E-state index in [9.17, 15) is 4.39 Å². The van der Waals surface area contributed by atoms with E-state index in [1.54, 1.807) is 23.5 Å². The molecular weight excluding hydrogens is 263 g/mol. The zero-order valence-corrected chi connectivity index (χ0v) is 11.7. The molecule has 5 heteroatoms. The highest BCUT2D eigenvalue weighted by Crippen LogP contribution is 2.13. The Hall–Kier alpha value is -1.46. The summed E-state index contributed by atoms with van der Waals surface area (Å²) >= 11 is 1.65. The summed E-state index contributed by atoms with van der Waals surface area (Å²) in [7, 11) is 0. The van der Waals surface area contributed by atoms with Gasteiger partial charge in [0.25, 0.3) is 0 Å². The Kier molecular flexibility index (Phi) is 5.30. The first-order valence-corrected chi connectivity index (χ1v) is 7.18. The summed E-state index contributed by atoms with van der Waals surface area (Å²) in [6, 6.07) is 6.06. The Labute approximate surface area is 116 Å². The van der Waals surface area contributed by atoms with Gasteiger partial charge >= 0.3 is 0 Å². The second-order valence-corrected chi connectivity index (χ2v) is 5.01. The smallest absolute Gasteiger partial charge is 0.123 e. The number of hydrogen-bond donors (Lipinski definition) is 1. The van der Waals surface area contributed by atoms with Crippen LogP contribution >= 0.6 is 11.3 Å². The van der Waals surface area contributed by atoms with Crippen molar-refractivity contribution in [2.75, 3.05) is 13.2 Å². The van der Waals surface area contributed by atoms with Gasteiger partial charge in [-0.2, -0.15) is 0 Å². The Morgan fingerprint density at radius 2 is 2.11 bits per heavy atom. The fourth-order valence-electron chi connectivity index (χ4n) is 1.59. The SMILES string of the molecule is CCNCc1csc(CCOc2ccc(F)cc2)n1. The molecule has 0 saturated heterocycles. The molecule has 0 aliphatic heterocycles. The molecule has 102 valence electrons. The highest BCUT2D eigenvalue weighted by atomic mass is 32.1. The van der Waals surface area contributed by atoms with Crippen LogP contribution in [0, 0.1) is 5.82 Å². The van der Waals surface area contributed by atoms with E-state index in [0.29, 0.717) is 12.4 Å². The minimum absolute atomic E-state index is 0.250. The molecule has 19 heavy (non-hydrogen) atoms. The van der Waals surface area contributed by atoms with Crippen molar-refractivity contribution in [1.82, 2.24) is 10.3 Å². The van der Waals surface area contributed by atoms with Crippen LogP contribution in [0.25, 0.3) is 0 Å². The molecule has 1 N–H and O–H groups in total. The molecule has 0 bridgehead atoms. The number of nitrogens with one attached hydrogen (secondary N) is 1. The third-order valence-corrected chi connectivity index (χ3v) is 3.51. The van der Waals surface area contributed by atoms with E-state index >= 15 is 0 Å². The molecule has 0 aliphatic rings. The predicted molar refractivity (Wildman–Crippen MR) is 75.1 cm³/mol. The third kappa shape index (κ3) is 4.61. The van der Waals surface area contributed by atoms with E-state index in [2.05, 4.69) is 22.6 Å². The van der Waals surface area contributed by atoms with Gasteiger partial charge in [-0.25, -0.2) is 9.37 Å². The molecule has 0 aliphatic carbocycles. The van der Waals surface area contributed by atoms with Gasteiger partial charge in [0.2, 0.25) is 0 Å². The summed E-state index contributed by atoms with van der Waals surface area (Å²) < 4.78 is 18.2. The van der Waals surface area contributed by atoms with Gasteiger partial charge in [0.05, 0.1) is 17.3 Å². The van der Waals surface area contributed by atoms with Gasteiger partial charge in [0, 0.05) is 18.3 Å². The van der Waals surface area contributed by atoms with Crippen LogP contribution in [0.4, 0.5) is 4.39 Å². The minimum atomic E-state index is -0.250. The summed E-state index contributed by atoms with van der Waals surface area (Å²) in [6.07, 6.45) is 0.772. The van der Waals surface area contributed by atoms with Crippen molar-refractivity contribution in [3.05, 3.63) is 46.2 Å². The normalized spacial score (nSPS) is 10.6. The number of rotatable bonds is 7. The molecule has 1 aromatic carbocycles. The first kappa shape index (κ1) is 14.0. The first-order valence-electron chi connectivity index (χ1n) is 6.30. The maximum atomic E-state index is 12.7. The van der Waals surface area contributed by atoms with Gasteiger partial charge in [0.15, 0.2) is 0 Å². The second kappa shape index (κ2) is 7.21. The van der Waals surface area contributed by atoms with Crippen LogP contribution in [0.15, 0.2) is 29.6 Å². The maximum Gasteiger partial charge on any atom is 0.123 e. The van der Waals surface area contributed by atoms with Crippen LogP contribution in [0.2, 0.25) is 0 Å². The Morgan fingerprint density at radius 1 is 1.32 bits per heavy atom. The van der Waals surface area contributed by atoms with E-state index in [0.717, 1.165) is 30.2 Å². The van der Waals surface area contributed by atoms with Crippen molar-refractivity contribution in [2.24, 2.45) is 0 Å². The number of halogens is 1. The lowest BCUT2D eigenvalue weighted by Gasteiger charge is -2.04. The molecule has 2 rings (SSSR count). The number of thiazole rings is 1. The van der Waals surface area contributed by atoms with Crippen molar-refractivity contribution in [3.63, 3.8) is 0 Å².